The normalized spacial score (nSPS) is 25.4. The van der Waals surface area contributed by atoms with Gasteiger partial charge in [-0.15, -0.1) is 0 Å². The van der Waals surface area contributed by atoms with Crippen molar-refractivity contribution in [3.8, 4) is 0 Å². The Kier molecular flexibility index (Phi) is 5.62. The molecule has 2 fully saturated rings. The van der Waals surface area contributed by atoms with Crippen LogP contribution in [0.3, 0.4) is 0 Å². The Hall–Kier alpha value is -1.46. The molecule has 5 heteroatoms. The van der Waals surface area contributed by atoms with E-state index in [1.54, 1.807) is 12.1 Å². The van der Waals surface area contributed by atoms with Crippen LogP contribution in [0.4, 0.5) is 4.39 Å². The Labute approximate surface area is 136 Å². The summed E-state index contributed by atoms with van der Waals surface area (Å²) in [6.07, 6.45) is 4.52. The fourth-order valence-electron chi connectivity index (χ4n) is 3.47. The Balaban J connectivity index is 1.60. The fourth-order valence-corrected chi connectivity index (χ4v) is 3.47. The summed E-state index contributed by atoms with van der Waals surface area (Å²) in [6.45, 7) is 2.80. The van der Waals surface area contributed by atoms with Crippen LogP contribution >= 0.6 is 0 Å². The van der Waals surface area contributed by atoms with Gasteiger partial charge >= 0.3 is 0 Å². The summed E-state index contributed by atoms with van der Waals surface area (Å²) in [5.74, 6) is 0.398. The lowest BCUT2D eigenvalue weighted by molar-refractivity contribution is -0.123. The summed E-state index contributed by atoms with van der Waals surface area (Å²) in [6, 6.07) is 6.17. The second-order valence-corrected chi connectivity index (χ2v) is 6.55. The first-order chi connectivity index (χ1) is 11.2. The van der Waals surface area contributed by atoms with Crippen molar-refractivity contribution in [3.05, 3.63) is 35.6 Å². The largest absolute Gasteiger partial charge is 0.376 e. The summed E-state index contributed by atoms with van der Waals surface area (Å²) in [7, 11) is 0. The summed E-state index contributed by atoms with van der Waals surface area (Å²) in [5.41, 5.74) is 0.911. The zero-order valence-corrected chi connectivity index (χ0v) is 13.4. The van der Waals surface area contributed by atoms with E-state index in [-0.39, 0.29) is 23.9 Å². The van der Waals surface area contributed by atoms with Gasteiger partial charge in [0.05, 0.1) is 12.1 Å². The summed E-state index contributed by atoms with van der Waals surface area (Å²) >= 11 is 0. The van der Waals surface area contributed by atoms with Crippen molar-refractivity contribution in [2.45, 2.75) is 44.2 Å². The number of halogens is 1. The molecule has 2 aliphatic rings. The Bertz CT molecular complexity index is 508. The lowest BCUT2D eigenvalue weighted by atomic mass is 9.98. The maximum atomic E-state index is 13.2. The third kappa shape index (κ3) is 4.52. The highest BCUT2D eigenvalue weighted by Crippen LogP contribution is 2.27. The molecule has 0 saturated carbocycles. The summed E-state index contributed by atoms with van der Waals surface area (Å²) < 4.78 is 18.9. The monoisotopic (exact) mass is 320 g/mol. The molecule has 0 radical (unpaired) electrons. The number of benzene rings is 1. The van der Waals surface area contributed by atoms with Crippen molar-refractivity contribution in [2.75, 3.05) is 19.7 Å². The van der Waals surface area contributed by atoms with Gasteiger partial charge in [-0.05, 0) is 62.4 Å². The maximum absolute atomic E-state index is 13.2. The minimum atomic E-state index is -0.264. The average molecular weight is 320 g/mol. The second-order valence-electron chi connectivity index (χ2n) is 6.55. The lowest BCUT2D eigenvalue weighted by Gasteiger charge is -2.25. The molecule has 0 bridgehead atoms. The highest BCUT2D eigenvalue weighted by molar-refractivity contribution is 5.76. The fraction of sp³-hybridized carbons (Fsp3) is 0.611. The van der Waals surface area contributed by atoms with Gasteiger partial charge < -0.3 is 15.4 Å². The molecule has 23 heavy (non-hydrogen) atoms. The number of amides is 1. The predicted molar refractivity (Wildman–Crippen MR) is 86.5 cm³/mol. The number of hydrogen-bond acceptors (Lipinski definition) is 3. The highest BCUT2D eigenvalue weighted by atomic mass is 19.1. The first kappa shape index (κ1) is 16.4. The van der Waals surface area contributed by atoms with Crippen LogP contribution in [0, 0.1) is 11.7 Å². The zero-order valence-electron chi connectivity index (χ0n) is 13.4. The van der Waals surface area contributed by atoms with Gasteiger partial charge in [0.15, 0.2) is 0 Å². The van der Waals surface area contributed by atoms with Gasteiger partial charge in [0, 0.05) is 13.0 Å². The molecular formula is C18H25FN2O2. The molecule has 1 amide bonds. The molecule has 2 aliphatic heterocycles. The third-order valence-corrected chi connectivity index (χ3v) is 4.82. The van der Waals surface area contributed by atoms with E-state index >= 15 is 0 Å². The zero-order chi connectivity index (χ0) is 16.1. The van der Waals surface area contributed by atoms with Crippen LogP contribution in [-0.2, 0) is 9.53 Å². The number of nitrogens with one attached hydrogen (secondary N) is 2. The minimum Gasteiger partial charge on any atom is -0.376 e. The van der Waals surface area contributed by atoms with Gasteiger partial charge in [-0.2, -0.15) is 0 Å². The van der Waals surface area contributed by atoms with Crippen LogP contribution in [0.5, 0.6) is 0 Å². The van der Waals surface area contributed by atoms with Crippen molar-refractivity contribution in [3.63, 3.8) is 0 Å². The molecule has 2 saturated heterocycles. The number of ether oxygens (including phenoxy) is 1. The smallest absolute Gasteiger partial charge is 0.220 e. The van der Waals surface area contributed by atoms with Gasteiger partial charge in [-0.1, -0.05) is 12.1 Å². The molecule has 2 heterocycles. The topological polar surface area (TPSA) is 50.4 Å². The molecule has 4 nitrogen and oxygen atoms in total. The summed E-state index contributed by atoms with van der Waals surface area (Å²) in [4.78, 5) is 12.3. The number of carbonyl (C=O) groups is 1. The maximum Gasteiger partial charge on any atom is 0.220 e. The number of carbonyl (C=O) groups excluding carboxylic acids is 1. The van der Waals surface area contributed by atoms with Crippen molar-refractivity contribution < 1.29 is 13.9 Å². The van der Waals surface area contributed by atoms with Crippen molar-refractivity contribution in [1.29, 1.82) is 0 Å². The van der Waals surface area contributed by atoms with Gasteiger partial charge in [-0.25, -0.2) is 4.39 Å². The molecule has 3 atom stereocenters. The van der Waals surface area contributed by atoms with E-state index in [0.717, 1.165) is 50.9 Å². The van der Waals surface area contributed by atoms with Crippen LogP contribution in [-0.4, -0.2) is 31.7 Å². The molecule has 3 unspecified atom stereocenters. The minimum absolute atomic E-state index is 0.0161. The second kappa shape index (κ2) is 7.88. The molecule has 1 aromatic rings. The average Bonchev–Trinajstić information content (AvgIpc) is 3.25. The van der Waals surface area contributed by atoms with Gasteiger partial charge in [-0.3, -0.25) is 4.79 Å². The van der Waals surface area contributed by atoms with Gasteiger partial charge in [0.1, 0.15) is 5.82 Å². The van der Waals surface area contributed by atoms with Crippen LogP contribution in [0.2, 0.25) is 0 Å². The molecule has 0 aromatic heterocycles. The van der Waals surface area contributed by atoms with E-state index in [2.05, 4.69) is 10.6 Å². The lowest BCUT2D eigenvalue weighted by Crippen LogP contribution is -2.36. The molecule has 0 spiro atoms. The molecule has 0 aliphatic carbocycles. The van der Waals surface area contributed by atoms with Crippen molar-refractivity contribution in [1.82, 2.24) is 10.6 Å². The molecular weight excluding hydrogens is 295 g/mol. The number of rotatable bonds is 6. The van der Waals surface area contributed by atoms with Gasteiger partial charge in [0.2, 0.25) is 5.91 Å². The van der Waals surface area contributed by atoms with Crippen molar-refractivity contribution in [2.24, 2.45) is 5.92 Å². The SMILES string of the molecule is O=C(CCC1CCNC1)NC(c1ccc(F)cc1)C1CCCO1. The summed E-state index contributed by atoms with van der Waals surface area (Å²) in [5, 5.41) is 6.44. The van der Waals surface area contributed by atoms with Crippen LogP contribution in [0.1, 0.15) is 43.7 Å². The Morgan fingerprint density at radius 1 is 1.35 bits per heavy atom. The van der Waals surface area contributed by atoms with Crippen LogP contribution in [0.25, 0.3) is 0 Å². The van der Waals surface area contributed by atoms with Gasteiger partial charge in [0.25, 0.3) is 0 Å². The Morgan fingerprint density at radius 2 is 2.17 bits per heavy atom. The standard InChI is InChI=1S/C18H25FN2O2/c19-15-6-4-14(5-7-15)18(16-2-1-11-23-16)21-17(22)8-3-13-9-10-20-12-13/h4-7,13,16,18,20H,1-3,8-12H2,(H,21,22). The van der Waals surface area contributed by atoms with E-state index in [1.807, 2.05) is 0 Å². The first-order valence-corrected chi connectivity index (χ1v) is 8.59. The van der Waals surface area contributed by atoms with Crippen LogP contribution < -0.4 is 10.6 Å². The third-order valence-electron chi connectivity index (χ3n) is 4.82. The molecule has 126 valence electrons. The molecule has 1 aromatic carbocycles. The quantitative estimate of drug-likeness (QED) is 0.847. The van der Waals surface area contributed by atoms with E-state index in [1.165, 1.54) is 12.1 Å². The van der Waals surface area contributed by atoms with E-state index in [4.69, 9.17) is 4.74 Å². The van der Waals surface area contributed by atoms with E-state index in [0.29, 0.717) is 12.3 Å². The van der Waals surface area contributed by atoms with E-state index in [9.17, 15) is 9.18 Å². The van der Waals surface area contributed by atoms with Crippen LogP contribution in [0.15, 0.2) is 24.3 Å². The van der Waals surface area contributed by atoms with E-state index < -0.39 is 0 Å². The molecule has 2 N–H and O–H groups in total. The Morgan fingerprint density at radius 3 is 2.83 bits per heavy atom. The predicted octanol–water partition coefficient (Wildman–Crippen LogP) is 2.55. The molecule has 3 rings (SSSR count). The first-order valence-electron chi connectivity index (χ1n) is 8.59. The van der Waals surface area contributed by atoms with Crippen molar-refractivity contribution >= 4 is 5.91 Å². The number of hydrogen-bond donors (Lipinski definition) is 2. The highest BCUT2D eigenvalue weighted by Gasteiger charge is 2.29.